The molecule has 2 N–H and O–H groups in total. The molecule has 0 aromatic heterocycles. The molecule has 13 heavy (non-hydrogen) atoms. The molecule has 0 aromatic rings. The Balaban J connectivity index is 3.92. The summed E-state index contributed by atoms with van der Waals surface area (Å²) < 4.78 is 4.67. The first-order valence-corrected chi connectivity index (χ1v) is 4.15. The highest BCUT2D eigenvalue weighted by atomic mass is 16.5. The second-order valence-electron chi connectivity index (χ2n) is 2.79. The van der Waals surface area contributed by atoms with Crippen LogP contribution in [0.15, 0.2) is 0 Å². The lowest BCUT2D eigenvalue weighted by atomic mass is 10.3. The Morgan fingerprint density at radius 2 is 2.08 bits per heavy atom. The van der Waals surface area contributed by atoms with Crippen molar-refractivity contribution in [2.45, 2.75) is 19.9 Å². The fourth-order valence-corrected chi connectivity index (χ4v) is 0.826. The molecule has 0 bridgehead atoms. The smallest absolute Gasteiger partial charge is 0.325 e. The number of nitrogens with zero attached hydrogens (tertiary/aromatic N) is 1. The summed E-state index contributed by atoms with van der Waals surface area (Å²) in [7, 11) is 1.52. The zero-order chi connectivity index (χ0) is 10.4. The molecule has 1 amide bonds. The van der Waals surface area contributed by atoms with E-state index in [1.807, 2.05) is 0 Å². The first-order valence-electron chi connectivity index (χ1n) is 4.15. The monoisotopic (exact) mass is 188 g/mol. The van der Waals surface area contributed by atoms with E-state index in [9.17, 15) is 9.59 Å². The number of carbonyl (C=O) groups is 2. The van der Waals surface area contributed by atoms with Gasteiger partial charge in [-0.3, -0.25) is 9.59 Å². The van der Waals surface area contributed by atoms with Crippen molar-refractivity contribution in [3.05, 3.63) is 0 Å². The molecule has 0 aliphatic heterocycles. The third kappa shape index (κ3) is 4.47. The van der Waals surface area contributed by atoms with Crippen LogP contribution in [0.1, 0.15) is 13.8 Å². The first-order chi connectivity index (χ1) is 5.99. The fraction of sp³-hybridized carbons (Fsp3) is 0.750. The molecule has 0 fully saturated rings. The summed E-state index contributed by atoms with van der Waals surface area (Å²) in [6, 6.07) is -0.584. The van der Waals surface area contributed by atoms with Crippen LogP contribution in [-0.4, -0.2) is 43.0 Å². The van der Waals surface area contributed by atoms with E-state index >= 15 is 0 Å². The van der Waals surface area contributed by atoms with E-state index < -0.39 is 12.0 Å². The SMILES string of the molecule is CCOC(=O)CN(C)C(=O)[C@H](C)N. The molecule has 5 heteroatoms. The standard InChI is InChI=1S/C8H16N2O3/c1-4-13-7(11)5-10(3)8(12)6(2)9/h6H,4-5,9H2,1-3H3/t6-/m0/s1. The number of rotatable bonds is 4. The van der Waals surface area contributed by atoms with E-state index in [-0.39, 0.29) is 12.5 Å². The molecule has 0 rings (SSSR count). The van der Waals surface area contributed by atoms with E-state index in [4.69, 9.17) is 5.73 Å². The van der Waals surface area contributed by atoms with Crippen LogP contribution in [0.3, 0.4) is 0 Å². The van der Waals surface area contributed by atoms with Gasteiger partial charge in [-0.05, 0) is 13.8 Å². The third-order valence-corrected chi connectivity index (χ3v) is 1.44. The summed E-state index contributed by atoms with van der Waals surface area (Å²) in [5.74, 6) is -0.688. The van der Waals surface area contributed by atoms with Crippen molar-refractivity contribution in [1.82, 2.24) is 4.90 Å². The number of carbonyl (C=O) groups excluding carboxylic acids is 2. The Morgan fingerprint density at radius 1 is 1.54 bits per heavy atom. The van der Waals surface area contributed by atoms with Gasteiger partial charge in [0, 0.05) is 7.05 Å². The van der Waals surface area contributed by atoms with Gasteiger partial charge in [0.25, 0.3) is 0 Å². The summed E-state index contributed by atoms with van der Waals surface area (Å²) in [5, 5.41) is 0. The lowest BCUT2D eigenvalue weighted by Crippen LogP contribution is -2.42. The van der Waals surface area contributed by atoms with Gasteiger partial charge < -0.3 is 15.4 Å². The van der Waals surface area contributed by atoms with Gasteiger partial charge in [-0.15, -0.1) is 0 Å². The maximum atomic E-state index is 11.2. The van der Waals surface area contributed by atoms with Crippen LogP contribution in [-0.2, 0) is 14.3 Å². The summed E-state index contributed by atoms with van der Waals surface area (Å²) in [4.78, 5) is 23.4. The molecule has 0 spiro atoms. The van der Waals surface area contributed by atoms with Crippen LogP contribution < -0.4 is 5.73 Å². The van der Waals surface area contributed by atoms with Crippen molar-refractivity contribution in [3.63, 3.8) is 0 Å². The van der Waals surface area contributed by atoms with Crippen LogP contribution in [0.2, 0.25) is 0 Å². The quantitative estimate of drug-likeness (QED) is 0.595. The fourth-order valence-electron chi connectivity index (χ4n) is 0.826. The maximum Gasteiger partial charge on any atom is 0.325 e. The highest BCUT2D eigenvalue weighted by molar-refractivity contribution is 5.85. The molecule has 1 atom stereocenters. The van der Waals surface area contributed by atoms with Crippen molar-refractivity contribution >= 4 is 11.9 Å². The van der Waals surface area contributed by atoms with Gasteiger partial charge in [0.1, 0.15) is 6.54 Å². The van der Waals surface area contributed by atoms with Crippen LogP contribution in [0.4, 0.5) is 0 Å². The second-order valence-corrected chi connectivity index (χ2v) is 2.79. The number of amides is 1. The lowest BCUT2D eigenvalue weighted by Gasteiger charge is -2.17. The van der Waals surface area contributed by atoms with Crippen molar-refractivity contribution in [3.8, 4) is 0 Å². The number of hydrogen-bond donors (Lipinski definition) is 1. The second kappa shape index (κ2) is 5.53. The lowest BCUT2D eigenvalue weighted by molar-refractivity contribution is -0.148. The van der Waals surface area contributed by atoms with Gasteiger partial charge in [0.15, 0.2) is 0 Å². The van der Waals surface area contributed by atoms with Gasteiger partial charge in [0.05, 0.1) is 12.6 Å². The van der Waals surface area contributed by atoms with Gasteiger partial charge in [-0.1, -0.05) is 0 Å². The number of esters is 1. The van der Waals surface area contributed by atoms with E-state index in [0.717, 1.165) is 0 Å². The zero-order valence-corrected chi connectivity index (χ0v) is 8.24. The molecule has 0 saturated heterocycles. The predicted octanol–water partition coefficient (Wildman–Crippen LogP) is -0.645. The van der Waals surface area contributed by atoms with Gasteiger partial charge in [-0.2, -0.15) is 0 Å². The Kier molecular flexibility index (Phi) is 5.06. The normalized spacial score (nSPS) is 12.0. The predicted molar refractivity (Wildman–Crippen MR) is 47.9 cm³/mol. The Morgan fingerprint density at radius 3 is 2.46 bits per heavy atom. The molecular weight excluding hydrogens is 172 g/mol. The van der Waals surface area contributed by atoms with E-state index in [1.165, 1.54) is 11.9 Å². The summed E-state index contributed by atoms with van der Waals surface area (Å²) in [5.41, 5.74) is 5.34. The van der Waals surface area contributed by atoms with E-state index in [2.05, 4.69) is 4.74 Å². The average Bonchev–Trinajstić information content (AvgIpc) is 2.03. The summed E-state index contributed by atoms with van der Waals surface area (Å²) in [6.45, 7) is 3.56. The van der Waals surface area contributed by atoms with Gasteiger partial charge in [0.2, 0.25) is 5.91 Å². The van der Waals surface area contributed by atoms with Crippen molar-refractivity contribution < 1.29 is 14.3 Å². The first kappa shape index (κ1) is 11.9. The van der Waals surface area contributed by atoms with E-state index in [1.54, 1.807) is 13.8 Å². The molecule has 0 aliphatic rings. The number of ether oxygens (including phenoxy) is 1. The van der Waals surface area contributed by atoms with Crippen LogP contribution in [0.5, 0.6) is 0 Å². The Bertz CT molecular complexity index is 192. The molecule has 0 unspecified atom stereocenters. The Labute approximate surface area is 77.8 Å². The van der Waals surface area contributed by atoms with Crippen LogP contribution in [0, 0.1) is 0 Å². The largest absolute Gasteiger partial charge is 0.465 e. The molecule has 5 nitrogen and oxygen atoms in total. The highest BCUT2D eigenvalue weighted by Gasteiger charge is 2.16. The number of hydrogen-bond acceptors (Lipinski definition) is 4. The van der Waals surface area contributed by atoms with E-state index in [0.29, 0.717) is 6.61 Å². The average molecular weight is 188 g/mol. The molecule has 0 radical (unpaired) electrons. The number of likely N-dealkylation sites (N-methyl/N-ethyl adjacent to an activating group) is 1. The third-order valence-electron chi connectivity index (χ3n) is 1.44. The minimum absolute atomic E-state index is 0.0474. The highest BCUT2D eigenvalue weighted by Crippen LogP contribution is 1.90. The van der Waals surface area contributed by atoms with Crippen molar-refractivity contribution in [2.24, 2.45) is 5.73 Å². The summed E-state index contributed by atoms with van der Waals surface area (Å²) >= 11 is 0. The van der Waals surface area contributed by atoms with Crippen LogP contribution >= 0.6 is 0 Å². The minimum atomic E-state index is -0.584. The molecule has 0 saturated carbocycles. The molecular formula is C8H16N2O3. The van der Waals surface area contributed by atoms with Crippen molar-refractivity contribution in [1.29, 1.82) is 0 Å². The molecule has 76 valence electrons. The van der Waals surface area contributed by atoms with Gasteiger partial charge in [-0.25, -0.2) is 0 Å². The van der Waals surface area contributed by atoms with Crippen molar-refractivity contribution in [2.75, 3.05) is 20.2 Å². The molecule has 0 heterocycles. The van der Waals surface area contributed by atoms with Gasteiger partial charge >= 0.3 is 5.97 Å². The zero-order valence-electron chi connectivity index (χ0n) is 8.24. The maximum absolute atomic E-state index is 11.2. The topological polar surface area (TPSA) is 72.6 Å². The molecule has 0 aromatic carbocycles. The summed E-state index contributed by atoms with van der Waals surface area (Å²) in [6.07, 6.45) is 0. The van der Waals surface area contributed by atoms with Crippen LogP contribution in [0.25, 0.3) is 0 Å². The molecule has 0 aliphatic carbocycles. The number of nitrogens with two attached hydrogens (primary N) is 1. The Hall–Kier alpha value is -1.10. The minimum Gasteiger partial charge on any atom is -0.465 e.